The second-order valence-corrected chi connectivity index (χ2v) is 5.55. The van der Waals surface area contributed by atoms with Crippen molar-refractivity contribution in [3.8, 4) is 0 Å². The van der Waals surface area contributed by atoms with Crippen molar-refractivity contribution in [1.82, 2.24) is 9.80 Å². The van der Waals surface area contributed by atoms with Gasteiger partial charge in [-0.05, 0) is 25.9 Å². The number of hydrogen-bond donors (Lipinski definition) is 1. The highest BCUT2D eigenvalue weighted by atomic mass is 16.4. The number of hydrogen-bond acceptors (Lipinski definition) is 3. The number of carboxylic acid groups (broad SMARTS) is 1. The summed E-state index contributed by atoms with van der Waals surface area (Å²) in [4.78, 5) is 26.9. The van der Waals surface area contributed by atoms with Crippen LogP contribution in [0.2, 0.25) is 0 Å². The number of carbonyl (C=O) groups excluding carboxylic acids is 1. The van der Waals surface area contributed by atoms with Crippen molar-refractivity contribution >= 4 is 11.9 Å². The Hall–Kier alpha value is -1.10. The lowest BCUT2D eigenvalue weighted by atomic mass is 9.94. The lowest BCUT2D eigenvalue weighted by molar-refractivity contribution is -0.148. The van der Waals surface area contributed by atoms with Gasteiger partial charge in [-0.1, -0.05) is 13.8 Å². The quantitative estimate of drug-likeness (QED) is 0.788. The van der Waals surface area contributed by atoms with Gasteiger partial charge in [0.15, 0.2) is 0 Å². The first-order chi connectivity index (χ1) is 8.32. The van der Waals surface area contributed by atoms with Crippen molar-refractivity contribution < 1.29 is 14.7 Å². The molecule has 1 amide bonds. The van der Waals surface area contributed by atoms with E-state index in [1.165, 1.54) is 0 Å². The monoisotopic (exact) mass is 256 g/mol. The summed E-state index contributed by atoms with van der Waals surface area (Å²) in [6, 6.07) is 0. The number of carbonyl (C=O) groups is 2. The van der Waals surface area contributed by atoms with Crippen molar-refractivity contribution in [3.63, 3.8) is 0 Å². The van der Waals surface area contributed by atoms with E-state index in [9.17, 15) is 9.59 Å². The van der Waals surface area contributed by atoms with Crippen LogP contribution in [0.3, 0.4) is 0 Å². The molecule has 0 aromatic heterocycles. The summed E-state index contributed by atoms with van der Waals surface area (Å²) in [7, 11) is 3.85. The van der Waals surface area contributed by atoms with Gasteiger partial charge in [-0.2, -0.15) is 0 Å². The molecule has 0 spiro atoms. The lowest BCUT2D eigenvalue weighted by Crippen LogP contribution is -2.39. The summed E-state index contributed by atoms with van der Waals surface area (Å²) in [6.07, 6.45) is 1.11. The minimum absolute atomic E-state index is 0.0700. The topological polar surface area (TPSA) is 60.9 Å². The number of amides is 1. The van der Waals surface area contributed by atoms with Gasteiger partial charge in [0.25, 0.3) is 0 Å². The molecule has 0 saturated carbocycles. The van der Waals surface area contributed by atoms with Gasteiger partial charge in [-0.15, -0.1) is 0 Å². The van der Waals surface area contributed by atoms with Gasteiger partial charge in [0.2, 0.25) is 5.91 Å². The molecule has 1 fully saturated rings. The largest absolute Gasteiger partial charge is 0.481 e. The van der Waals surface area contributed by atoms with Crippen molar-refractivity contribution in [3.05, 3.63) is 0 Å². The third kappa shape index (κ3) is 3.70. The molecule has 104 valence electrons. The van der Waals surface area contributed by atoms with E-state index >= 15 is 0 Å². The SMILES string of the molecule is CC(C(=O)O)C(C)C(=O)N(C)CC1CCN(C)C1. The minimum Gasteiger partial charge on any atom is -0.481 e. The first kappa shape index (κ1) is 15.0. The minimum atomic E-state index is -0.912. The standard InChI is InChI=1S/C13H24N2O3/c1-9(10(2)13(17)18)12(16)15(4)8-11-5-6-14(3)7-11/h9-11H,5-8H2,1-4H3,(H,17,18). The molecule has 1 heterocycles. The van der Waals surface area contributed by atoms with E-state index in [2.05, 4.69) is 11.9 Å². The number of likely N-dealkylation sites (tertiary alicyclic amines) is 1. The fraction of sp³-hybridized carbons (Fsp3) is 0.846. The maximum Gasteiger partial charge on any atom is 0.307 e. The van der Waals surface area contributed by atoms with Gasteiger partial charge >= 0.3 is 5.97 Å². The fourth-order valence-corrected chi connectivity index (χ4v) is 2.43. The first-order valence-electron chi connectivity index (χ1n) is 6.49. The predicted octanol–water partition coefficient (Wildman–Crippen LogP) is 0.753. The zero-order chi connectivity index (χ0) is 13.9. The summed E-state index contributed by atoms with van der Waals surface area (Å²) in [5, 5.41) is 8.92. The molecule has 3 atom stereocenters. The molecule has 0 bridgehead atoms. The Labute approximate surface area is 109 Å². The Balaban J connectivity index is 2.48. The van der Waals surface area contributed by atoms with Crippen molar-refractivity contribution in [1.29, 1.82) is 0 Å². The zero-order valence-electron chi connectivity index (χ0n) is 11.7. The highest BCUT2D eigenvalue weighted by Crippen LogP contribution is 2.18. The first-order valence-corrected chi connectivity index (χ1v) is 6.49. The third-order valence-corrected chi connectivity index (χ3v) is 3.93. The van der Waals surface area contributed by atoms with Crippen LogP contribution in [0.15, 0.2) is 0 Å². The molecule has 1 aliphatic rings. The zero-order valence-corrected chi connectivity index (χ0v) is 11.7. The van der Waals surface area contributed by atoms with Crippen LogP contribution in [0.4, 0.5) is 0 Å². The van der Waals surface area contributed by atoms with Gasteiger partial charge in [0.1, 0.15) is 0 Å². The number of rotatable bonds is 5. The van der Waals surface area contributed by atoms with Gasteiger partial charge in [-0.3, -0.25) is 9.59 Å². The molecule has 3 unspecified atom stereocenters. The number of carboxylic acids is 1. The maximum atomic E-state index is 12.1. The average Bonchev–Trinajstić information content (AvgIpc) is 2.71. The molecule has 0 aromatic carbocycles. The van der Waals surface area contributed by atoms with E-state index in [4.69, 9.17) is 5.11 Å². The molecular formula is C13H24N2O3. The van der Waals surface area contributed by atoms with Crippen LogP contribution in [0.25, 0.3) is 0 Å². The van der Waals surface area contributed by atoms with Gasteiger partial charge < -0.3 is 14.9 Å². The van der Waals surface area contributed by atoms with Crippen LogP contribution in [-0.2, 0) is 9.59 Å². The van der Waals surface area contributed by atoms with Crippen LogP contribution >= 0.6 is 0 Å². The molecule has 1 aliphatic heterocycles. The summed E-state index contributed by atoms with van der Waals surface area (Å²) < 4.78 is 0. The van der Waals surface area contributed by atoms with Crippen molar-refractivity contribution in [2.24, 2.45) is 17.8 Å². The normalized spacial score (nSPS) is 23.7. The van der Waals surface area contributed by atoms with Gasteiger partial charge in [0.05, 0.1) is 5.92 Å². The molecule has 1 rings (SSSR count). The number of aliphatic carboxylic acids is 1. The van der Waals surface area contributed by atoms with E-state index in [0.29, 0.717) is 5.92 Å². The van der Waals surface area contributed by atoms with Crippen LogP contribution in [0.1, 0.15) is 20.3 Å². The van der Waals surface area contributed by atoms with Crippen LogP contribution in [0, 0.1) is 17.8 Å². The van der Waals surface area contributed by atoms with E-state index in [0.717, 1.165) is 26.1 Å². The highest BCUT2D eigenvalue weighted by Gasteiger charge is 2.30. The van der Waals surface area contributed by atoms with E-state index in [1.54, 1.807) is 25.8 Å². The Morgan fingerprint density at radius 1 is 1.39 bits per heavy atom. The van der Waals surface area contributed by atoms with Gasteiger partial charge in [0, 0.05) is 26.1 Å². The summed E-state index contributed by atoms with van der Waals surface area (Å²) in [5.41, 5.74) is 0. The smallest absolute Gasteiger partial charge is 0.307 e. The Bertz CT molecular complexity index is 319. The van der Waals surface area contributed by atoms with Gasteiger partial charge in [-0.25, -0.2) is 0 Å². The molecular weight excluding hydrogens is 232 g/mol. The predicted molar refractivity (Wildman–Crippen MR) is 69.2 cm³/mol. The molecule has 1 saturated heterocycles. The lowest BCUT2D eigenvalue weighted by Gasteiger charge is -2.25. The third-order valence-electron chi connectivity index (χ3n) is 3.93. The van der Waals surface area contributed by atoms with E-state index in [-0.39, 0.29) is 5.91 Å². The average molecular weight is 256 g/mol. The Morgan fingerprint density at radius 2 is 2.00 bits per heavy atom. The maximum absolute atomic E-state index is 12.1. The molecule has 0 aliphatic carbocycles. The van der Waals surface area contributed by atoms with Crippen molar-refractivity contribution in [2.45, 2.75) is 20.3 Å². The van der Waals surface area contributed by atoms with Crippen LogP contribution in [-0.4, -0.2) is 60.5 Å². The molecule has 18 heavy (non-hydrogen) atoms. The van der Waals surface area contributed by atoms with E-state index in [1.807, 2.05) is 0 Å². The molecule has 1 N–H and O–H groups in total. The second kappa shape index (κ2) is 6.18. The van der Waals surface area contributed by atoms with E-state index < -0.39 is 17.8 Å². The molecule has 5 heteroatoms. The fourth-order valence-electron chi connectivity index (χ4n) is 2.43. The molecule has 0 aromatic rings. The van der Waals surface area contributed by atoms with Crippen LogP contribution in [0.5, 0.6) is 0 Å². The Morgan fingerprint density at radius 3 is 2.44 bits per heavy atom. The second-order valence-electron chi connectivity index (χ2n) is 5.55. The van der Waals surface area contributed by atoms with Crippen molar-refractivity contribution in [2.75, 3.05) is 33.7 Å². The Kier molecular flexibility index (Phi) is 5.14. The van der Waals surface area contributed by atoms with Crippen LogP contribution < -0.4 is 0 Å². The highest BCUT2D eigenvalue weighted by molar-refractivity contribution is 5.84. The number of nitrogens with zero attached hydrogens (tertiary/aromatic N) is 2. The summed E-state index contributed by atoms with van der Waals surface area (Å²) in [6.45, 7) is 6.09. The molecule has 5 nitrogen and oxygen atoms in total. The summed E-state index contributed by atoms with van der Waals surface area (Å²) in [5.74, 6) is -1.57. The molecule has 0 radical (unpaired) electrons. The summed E-state index contributed by atoms with van der Waals surface area (Å²) >= 11 is 0.